The second kappa shape index (κ2) is 7.50. The predicted molar refractivity (Wildman–Crippen MR) is 106 cm³/mol. The largest absolute Gasteiger partial charge is 0.493 e. The second-order valence-electron chi connectivity index (χ2n) is 6.52. The molecule has 3 aromatic carbocycles. The molecule has 0 N–H and O–H groups in total. The number of hydrogen-bond acceptors (Lipinski definition) is 3. The molecule has 3 aromatic rings. The molecule has 0 radical (unpaired) electrons. The van der Waals surface area contributed by atoms with Gasteiger partial charge in [-0.15, -0.1) is 0 Å². The Labute approximate surface area is 158 Å². The Kier molecular flexibility index (Phi) is 4.75. The molecule has 0 heterocycles. The standard InChI is InChI=1S/C24H20O3/c1-26-23-14-18(11-12-22(23)27-16-17-7-3-2-4-8-17)13-20-15-19-9-5-6-10-21(19)24(20)25/h2-14H,15-16H2,1H3. The Hall–Kier alpha value is -3.33. The summed E-state index contributed by atoms with van der Waals surface area (Å²) in [7, 11) is 1.62. The highest BCUT2D eigenvalue weighted by atomic mass is 16.5. The summed E-state index contributed by atoms with van der Waals surface area (Å²) >= 11 is 0. The minimum Gasteiger partial charge on any atom is -0.493 e. The quantitative estimate of drug-likeness (QED) is 0.597. The average molecular weight is 356 g/mol. The van der Waals surface area contributed by atoms with E-state index in [1.54, 1.807) is 7.11 Å². The number of carbonyl (C=O) groups excluding carboxylic acids is 1. The molecule has 3 nitrogen and oxygen atoms in total. The molecule has 134 valence electrons. The van der Waals surface area contributed by atoms with Crippen molar-refractivity contribution >= 4 is 11.9 Å². The van der Waals surface area contributed by atoms with Crippen LogP contribution in [0, 0.1) is 0 Å². The van der Waals surface area contributed by atoms with E-state index in [4.69, 9.17) is 9.47 Å². The summed E-state index contributed by atoms with van der Waals surface area (Å²) in [6.07, 6.45) is 2.61. The van der Waals surface area contributed by atoms with E-state index in [1.807, 2.05) is 78.9 Å². The van der Waals surface area contributed by atoms with Crippen molar-refractivity contribution in [2.45, 2.75) is 13.0 Å². The molecule has 4 rings (SSSR count). The van der Waals surface area contributed by atoms with Crippen molar-refractivity contribution in [2.24, 2.45) is 0 Å². The molecule has 0 saturated carbocycles. The summed E-state index contributed by atoms with van der Waals surface area (Å²) in [4.78, 5) is 12.6. The lowest BCUT2D eigenvalue weighted by molar-refractivity contribution is 0.104. The summed E-state index contributed by atoms with van der Waals surface area (Å²) in [6, 6.07) is 23.5. The number of hydrogen-bond donors (Lipinski definition) is 0. The molecule has 0 unspecified atom stereocenters. The minimum atomic E-state index is 0.106. The topological polar surface area (TPSA) is 35.5 Å². The van der Waals surface area contributed by atoms with Crippen molar-refractivity contribution in [3.63, 3.8) is 0 Å². The highest BCUT2D eigenvalue weighted by Crippen LogP contribution is 2.32. The molecule has 0 saturated heterocycles. The van der Waals surface area contributed by atoms with Gasteiger partial charge in [0.1, 0.15) is 6.61 Å². The number of rotatable bonds is 5. The number of ether oxygens (including phenoxy) is 2. The van der Waals surface area contributed by atoms with Crippen LogP contribution in [-0.4, -0.2) is 12.9 Å². The summed E-state index contributed by atoms with van der Waals surface area (Å²) in [5.41, 5.74) is 4.72. The van der Waals surface area contributed by atoms with Crippen LogP contribution in [0.1, 0.15) is 27.0 Å². The Morgan fingerprint density at radius 2 is 1.70 bits per heavy atom. The van der Waals surface area contributed by atoms with Crippen LogP contribution >= 0.6 is 0 Å². The summed E-state index contributed by atoms with van der Waals surface area (Å²) in [5.74, 6) is 1.45. The fourth-order valence-corrected chi connectivity index (χ4v) is 3.30. The van der Waals surface area contributed by atoms with Gasteiger partial charge >= 0.3 is 0 Å². The maximum atomic E-state index is 12.6. The SMILES string of the molecule is COc1cc(C=C2Cc3ccccc3C2=O)ccc1OCc1ccccc1. The Morgan fingerprint density at radius 1 is 0.926 bits per heavy atom. The normalized spacial score (nSPS) is 14.3. The van der Waals surface area contributed by atoms with Crippen LogP contribution in [0.15, 0.2) is 78.4 Å². The molecule has 1 aliphatic carbocycles. The summed E-state index contributed by atoms with van der Waals surface area (Å²) in [6.45, 7) is 0.478. The van der Waals surface area contributed by atoms with Gasteiger partial charge in [-0.05, 0) is 34.9 Å². The first kappa shape index (κ1) is 17.1. The third-order valence-corrected chi connectivity index (χ3v) is 4.70. The van der Waals surface area contributed by atoms with Crippen LogP contribution in [0.25, 0.3) is 6.08 Å². The highest BCUT2D eigenvalue weighted by molar-refractivity contribution is 6.15. The molecule has 0 fully saturated rings. The summed E-state index contributed by atoms with van der Waals surface area (Å²) in [5, 5.41) is 0. The number of allylic oxidation sites excluding steroid dienone is 1. The van der Waals surface area contributed by atoms with E-state index >= 15 is 0 Å². The fraction of sp³-hybridized carbons (Fsp3) is 0.125. The second-order valence-corrected chi connectivity index (χ2v) is 6.52. The lowest BCUT2D eigenvalue weighted by Gasteiger charge is -2.11. The first-order chi connectivity index (χ1) is 13.2. The van der Waals surface area contributed by atoms with E-state index in [0.717, 1.165) is 27.8 Å². The van der Waals surface area contributed by atoms with Crippen LogP contribution in [-0.2, 0) is 13.0 Å². The summed E-state index contributed by atoms with van der Waals surface area (Å²) < 4.78 is 11.4. The smallest absolute Gasteiger partial charge is 0.189 e. The molecule has 0 bridgehead atoms. The van der Waals surface area contributed by atoms with E-state index in [9.17, 15) is 4.79 Å². The van der Waals surface area contributed by atoms with Gasteiger partial charge < -0.3 is 9.47 Å². The third kappa shape index (κ3) is 3.63. The van der Waals surface area contributed by atoms with Crippen molar-refractivity contribution < 1.29 is 14.3 Å². The lowest BCUT2D eigenvalue weighted by Crippen LogP contribution is -1.98. The van der Waals surface area contributed by atoms with Gasteiger partial charge in [-0.1, -0.05) is 60.7 Å². The molecule has 0 spiro atoms. The van der Waals surface area contributed by atoms with Gasteiger partial charge in [0.05, 0.1) is 7.11 Å². The maximum Gasteiger partial charge on any atom is 0.189 e. The van der Waals surface area contributed by atoms with E-state index in [1.165, 1.54) is 0 Å². The monoisotopic (exact) mass is 356 g/mol. The van der Waals surface area contributed by atoms with E-state index in [0.29, 0.717) is 24.5 Å². The molecule has 0 amide bonds. The van der Waals surface area contributed by atoms with Crippen LogP contribution in [0.2, 0.25) is 0 Å². The lowest BCUT2D eigenvalue weighted by atomic mass is 10.1. The zero-order valence-corrected chi connectivity index (χ0v) is 15.1. The van der Waals surface area contributed by atoms with E-state index < -0.39 is 0 Å². The predicted octanol–water partition coefficient (Wildman–Crippen LogP) is 5.10. The van der Waals surface area contributed by atoms with Gasteiger partial charge in [0.25, 0.3) is 0 Å². The van der Waals surface area contributed by atoms with Crippen molar-refractivity contribution in [1.82, 2.24) is 0 Å². The molecule has 27 heavy (non-hydrogen) atoms. The third-order valence-electron chi connectivity index (χ3n) is 4.70. The van der Waals surface area contributed by atoms with Gasteiger partial charge in [-0.3, -0.25) is 4.79 Å². The first-order valence-electron chi connectivity index (χ1n) is 8.92. The van der Waals surface area contributed by atoms with Gasteiger partial charge in [0.2, 0.25) is 0 Å². The van der Waals surface area contributed by atoms with Gasteiger partial charge in [0, 0.05) is 17.6 Å². The zero-order chi connectivity index (χ0) is 18.6. The van der Waals surface area contributed by atoms with Crippen LogP contribution in [0.3, 0.4) is 0 Å². The Morgan fingerprint density at radius 3 is 2.48 bits per heavy atom. The van der Waals surface area contributed by atoms with Gasteiger partial charge in [-0.2, -0.15) is 0 Å². The zero-order valence-electron chi connectivity index (χ0n) is 15.1. The first-order valence-corrected chi connectivity index (χ1v) is 8.92. The van der Waals surface area contributed by atoms with E-state index in [-0.39, 0.29) is 5.78 Å². The number of carbonyl (C=O) groups is 1. The van der Waals surface area contributed by atoms with Crippen LogP contribution < -0.4 is 9.47 Å². The van der Waals surface area contributed by atoms with Crippen molar-refractivity contribution in [1.29, 1.82) is 0 Å². The number of benzene rings is 3. The van der Waals surface area contributed by atoms with Crippen molar-refractivity contribution in [3.8, 4) is 11.5 Å². The van der Waals surface area contributed by atoms with Gasteiger partial charge in [0.15, 0.2) is 17.3 Å². The molecule has 0 aromatic heterocycles. The molecule has 3 heteroatoms. The maximum absolute atomic E-state index is 12.6. The number of Topliss-reactive ketones (excluding diaryl/α,β-unsaturated/α-hetero) is 1. The van der Waals surface area contributed by atoms with E-state index in [2.05, 4.69) is 0 Å². The van der Waals surface area contributed by atoms with Crippen molar-refractivity contribution in [2.75, 3.05) is 7.11 Å². The Bertz CT molecular complexity index is 1000. The average Bonchev–Trinajstić information content (AvgIpc) is 3.03. The minimum absolute atomic E-state index is 0.106. The molecular formula is C24H20O3. The number of ketones is 1. The van der Waals surface area contributed by atoms with Gasteiger partial charge in [-0.25, -0.2) is 0 Å². The van der Waals surface area contributed by atoms with Crippen molar-refractivity contribution in [3.05, 3.63) is 101 Å². The fourth-order valence-electron chi connectivity index (χ4n) is 3.30. The van der Waals surface area contributed by atoms with Crippen LogP contribution in [0.4, 0.5) is 0 Å². The highest BCUT2D eigenvalue weighted by Gasteiger charge is 2.24. The van der Waals surface area contributed by atoms with Crippen LogP contribution in [0.5, 0.6) is 11.5 Å². The molecule has 0 aliphatic heterocycles. The number of fused-ring (bicyclic) bond motifs is 1. The number of methoxy groups -OCH3 is 1. The molecule has 0 atom stereocenters. The molecular weight excluding hydrogens is 336 g/mol. The molecule has 1 aliphatic rings. The Balaban J connectivity index is 1.54.